The lowest BCUT2D eigenvalue weighted by Crippen LogP contribution is -2.38. The molecule has 3 N–H and O–H groups in total. The molecule has 5 nitrogen and oxygen atoms in total. The van der Waals surface area contributed by atoms with Crippen LogP contribution in [0.4, 0.5) is 5.69 Å². The van der Waals surface area contributed by atoms with Gasteiger partial charge in [0.25, 0.3) is 5.91 Å². The molecule has 1 aromatic rings. The zero-order valence-electron chi connectivity index (χ0n) is 12.5. The standard InChI is InChI=1S/C16H25N3O2/c17-9-4-10-18-14-5-7-15(8-6-14)21-13-16(20)19-11-2-1-3-12-19/h5-8,18H,1-4,9-13,17H2. The highest BCUT2D eigenvalue weighted by Crippen LogP contribution is 2.16. The van der Waals surface area contributed by atoms with E-state index in [1.807, 2.05) is 29.2 Å². The molecule has 0 saturated carbocycles. The van der Waals surface area contributed by atoms with E-state index >= 15 is 0 Å². The van der Waals surface area contributed by atoms with Crippen LogP contribution in [0.3, 0.4) is 0 Å². The fourth-order valence-corrected chi connectivity index (χ4v) is 2.38. The summed E-state index contributed by atoms with van der Waals surface area (Å²) in [5, 5.41) is 3.28. The number of benzene rings is 1. The normalized spacial score (nSPS) is 14.8. The number of carbonyl (C=O) groups is 1. The molecule has 0 aliphatic carbocycles. The van der Waals surface area contributed by atoms with Crippen molar-refractivity contribution >= 4 is 11.6 Å². The number of carbonyl (C=O) groups excluding carboxylic acids is 1. The average Bonchev–Trinajstić information content (AvgIpc) is 2.55. The highest BCUT2D eigenvalue weighted by atomic mass is 16.5. The van der Waals surface area contributed by atoms with E-state index in [2.05, 4.69) is 5.32 Å². The van der Waals surface area contributed by atoms with Gasteiger partial charge in [0.05, 0.1) is 0 Å². The van der Waals surface area contributed by atoms with Crippen LogP contribution in [-0.4, -0.2) is 43.6 Å². The smallest absolute Gasteiger partial charge is 0.260 e. The maximum Gasteiger partial charge on any atom is 0.260 e. The number of rotatable bonds is 7. The third-order valence-corrected chi connectivity index (χ3v) is 3.64. The van der Waals surface area contributed by atoms with Crippen molar-refractivity contribution in [2.75, 3.05) is 38.1 Å². The minimum atomic E-state index is 0.0832. The number of amides is 1. The fourth-order valence-electron chi connectivity index (χ4n) is 2.38. The Morgan fingerprint density at radius 3 is 2.57 bits per heavy atom. The molecular formula is C16H25N3O2. The van der Waals surface area contributed by atoms with E-state index in [1.54, 1.807) is 0 Å². The average molecular weight is 291 g/mol. The monoisotopic (exact) mass is 291 g/mol. The molecule has 1 aliphatic rings. The van der Waals surface area contributed by atoms with Gasteiger partial charge in [-0.1, -0.05) is 0 Å². The van der Waals surface area contributed by atoms with Gasteiger partial charge in [-0.3, -0.25) is 4.79 Å². The number of likely N-dealkylation sites (tertiary alicyclic amines) is 1. The first-order valence-corrected chi connectivity index (χ1v) is 7.74. The van der Waals surface area contributed by atoms with Gasteiger partial charge in [0.15, 0.2) is 6.61 Å². The van der Waals surface area contributed by atoms with Crippen molar-refractivity contribution < 1.29 is 9.53 Å². The Kier molecular flexibility index (Phi) is 6.34. The molecule has 0 aromatic heterocycles. The summed E-state index contributed by atoms with van der Waals surface area (Å²) in [7, 11) is 0. The van der Waals surface area contributed by atoms with Gasteiger partial charge in [0, 0.05) is 25.3 Å². The van der Waals surface area contributed by atoms with E-state index in [0.29, 0.717) is 6.54 Å². The van der Waals surface area contributed by atoms with E-state index in [9.17, 15) is 4.79 Å². The molecule has 1 fully saturated rings. The Morgan fingerprint density at radius 1 is 1.19 bits per heavy atom. The molecule has 2 rings (SSSR count). The van der Waals surface area contributed by atoms with Crippen molar-refractivity contribution in [3.8, 4) is 5.75 Å². The fraction of sp³-hybridized carbons (Fsp3) is 0.562. The van der Waals surface area contributed by atoms with Crippen LogP contribution in [0.25, 0.3) is 0 Å². The highest BCUT2D eigenvalue weighted by Gasteiger charge is 2.16. The van der Waals surface area contributed by atoms with Crippen molar-refractivity contribution in [1.29, 1.82) is 0 Å². The van der Waals surface area contributed by atoms with Crippen LogP contribution >= 0.6 is 0 Å². The number of anilines is 1. The second kappa shape index (κ2) is 8.52. The van der Waals surface area contributed by atoms with Crippen LogP contribution in [0.15, 0.2) is 24.3 Å². The lowest BCUT2D eigenvalue weighted by Gasteiger charge is -2.26. The second-order valence-corrected chi connectivity index (χ2v) is 5.32. The molecule has 0 spiro atoms. The summed E-state index contributed by atoms with van der Waals surface area (Å²) in [5.74, 6) is 0.810. The predicted molar refractivity (Wildman–Crippen MR) is 84.5 cm³/mol. The van der Waals surface area contributed by atoms with Crippen molar-refractivity contribution in [3.05, 3.63) is 24.3 Å². The Bertz CT molecular complexity index is 428. The first kappa shape index (κ1) is 15.6. The number of hydrogen-bond acceptors (Lipinski definition) is 4. The van der Waals surface area contributed by atoms with Crippen LogP contribution in [0.5, 0.6) is 5.75 Å². The molecule has 1 aromatic carbocycles. The number of piperidine rings is 1. The van der Waals surface area contributed by atoms with E-state index in [0.717, 1.165) is 50.3 Å². The lowest BCUT2D eigenvalue weighted by molar-refractivity contribution is -0.134. The van der Waals surface area contributed by atoms with Gasteiger partial charge in [0.2, 0.25) is 0 Å². The zero-order valence-corrected chi connectivity index (χ0v) is 12.5. The largest absolute Gasteiger partial charge is 0.484 e. The van der Waals surface area contributed by atoms with E-state index < -0.39 is 0 Å². The molecule has 116 valence electrons. The lowest BCUT2D eigenvalue weighted by atomic mass is 10.1. The van der Waals surface area contributed by atoms with Gasteiger partial charge in [-0.15, -0.1) is 0 Å². The maximum atomic E-state index is 12.0. The molecule has 0 bridgehead atoms. The van der Waals surface area contributed by atoms with E-state index in [4.69, 9.17) is 10.5 Å². The van der Waals surface area contributed by atoms with Crippen LogP contribution in [0.1, 0.15) is 25.7 Å². The first-order chi connectivity index (χ1) is 10.3. The van der Waals surface area contributed by atoms with Crippen molar-refractivity contribution in [2.24, 2.45) is 5.73 Å². The molecule has 1 heterocycles. The molecule has 0 radical (unpaired) electrons. The summed E-state index contributed by atoms with van der Waals surface area (Å²) >= 11 is 0. The van der Waals surface area contributed by atoms with Crippen LogP contribution in [0.2, 0.25) is 0 Å². The first-order valence-electron chi connectivity index (χ1n) is 7.74. The third kappa shape index (κ3) is 5.27. The Balaban J connectivity index is 1.73. The molecule has 0 atom stereocenters. The number of nitrogens with one attached hydrogen (secondary N) is 1. The van der Waals surface area contributed by atoms with Crippen LogP contribution in [0, 0.1) is 0 Å². The van der Waals surface area contributed by atoms with E-state index in [-0.39, 0.29) is 12.5 Å². The predicted octanol–water partition coefficient (Wildman–Crippen LogP) is 1.84. The van der Waals surface area contributed by atoms with E-state index in [1.165, 1.54) is 6.42 Å². The summed E-state index contributed by atoms with van der Waals surface area (Å²) in [6, 6.07) is 7.68. The van der Waals surface area contributed by atoms with Crippen molar-refractivity contribution in [2.45, 2.75) is 25.7 Å². The highest BCUT2D eigenvalue weighted by molar-refractivity contribution is 5.77. The van der Waals surface area contributed by atoms with Crippen LogP contribution < -0.4 is 15.8 Å². The summed E-state index contributed by atoms with van der Waals surface area (Å²) < 4.78 is 5.56. The van der Waals surface area contributed by atoms with Gasteiger partial charge in [-0.25, -0.2) is 0 Å². The minimum Gasteiger partial charge on any atom is -0.484 e. The SMILES string of the molecule is NCCCNc1ccc(OCC(=O)N2CCCCC2)cc1. The van der Waals surface area contributed by atoms with Crippen LogP contribution in [-0.2, 0) is 4.79 Å². The Labute approximate surface area is 126 Å². The van der Waals surface area contributed by atoms with Gasteiger partial charge in [-0.05, 0) is 56.5 Å². The number of nitrogens with zero attached hydrogens (tertiary/aromatic N) is 1. The molecule has 1 aliphatic heterocycles. The van der Waals surface area contributed by atoms with Gasteiger partial charge in [-0.2, -0.15) is 0 Å². The third-order valence-electron chi connectivity index (χ3n) is 3.64. The molecule has 1 amide bonds. The summed E-state index contributed by atoms with van der Waals surface area (Å²) in [5.41, 5.74) is 6.49. The quantitative estimate of drug-likeness (QED) is 0.752. The second-order valence-electron chi connectivity index (χ2n) is 5.32. The topological polar surface area (TPSA) is 67.6 Å². The molecule has 5 heteroatoms. The molecule has 21 heavy (non-hydrogen) atoms. The number of ether oxygens (including phenoxy) is 1. The minimum absolute atomic E-state index is 0.0832. The maximum absolute atomic E-state index is 12.0. The van der Waals surface area contributed by atoms with Gasteiger partial charge >= 0.3 is 0 Å². The zero-order chi connectivity index (χ0) is 14.9. The summed E-state index contributed by atoms with van der Waals surface area (Å²) in [4.78, 5) is 13.9. The molecular weight excluding hydrogens is 266 g/mol. The van der Waals surface area contributed by atoms with Crippen molar-refractivity contribution in [1.82, 2.24) is 4.90 Å². The van der Waals surface area contributed by atoms with Crippen molar-refractivity contribution in [3.63, 3.8) is 0 Å². The summed E-state index contributed by atoms with van der Waals surface area (Å²) in [6.45, 7) is 3.41. The molecule has 1 saturated heterocycles. The number of hydrogen-bond donors (Lipinski definition) is 2. The van der Waals surface area contributed by atoms with Gasteiger partial charge in [0.1, 0.15) is 5.75 Å². The Hall–Kier alpha value is -1.75. The Morgan fingerprint density at radius 2 is 1.90 bits per heavy atom. The van der Waals surface area contributed by atoms with Gasteiger partial charge < -0.3 is 20.7 Å². The number of nitrogens with two attached hydrogens (primary N) is 1. The summed E-state index contributed by atoms with van der Waals surface area (Å²) in [6.07, 6.45) is 4.38. The molecule has 0 unspecified atom stereocenters.